The average Bonchev–Trinajstić information content (AvgIpc) is 2.92. The topological polar surface area (TPSA) is 21.3 Å². The third kappa shape index (κ3) is 4.72. The fourth-order valence-electron chi connectivity index (χ4n) is 2.71. The molecular formula is C16H23ClFNO. The Morgan fingerprint density at radius 1 is 1.50 bits per heavy atom. The summed E-state index contributed by atoms with van der Waals surface area (Å²) in [6.45, 7) is 4.90. The van der Waals surface area contributed by atoms with Crippen LogP contribution in [0.1, 0.15) is 31.7 Å². The van der Waals surface area contributed by atoms with Crippen LogP contribution < -0.4 is 5.32 Å². The van der Waals surface area contributed by atoms with Crippen molar-refractivity contribution >= 4 is 11.6 Å². The third-order valence-corrected chi connectivity index (χ3v) is 4.16. The number of halogens is 2. The van der Waals surface area contributed by atoms with E-state index in [0.717, 1.165) is 51.0 Å². The Kier molecular flexibility index (Phi) is 6.27. The molecular weight excluding hydrogens is 277 g/mol. The summed E-state index contributed by atoms with van der Waals surface area (Å²) in [6.07, 6.45) is 4.18. The second-order valence-corrected chi connectivity index (χ2v) is 5.96. The predicted octanol–water partition coefficient (Wildman–Crippen LogP) is 3.82. The lowest BCUT2D eigenvalue weighted by Gasteiger charge is -2.22. The van der Waals surface area contributed by atoms with E-state index in [0.29, 0.717) is 17.0 Å². The molecule has 1 fully saturated rings. The predicted molar refractivity (Wildman–Crippen MR) is 80.7 cm³/mol. The summed E-state index contributed by atoms with van der Waals surface area (Å²) in [5, 5.41) is 4.10. The van der Waals surface area contributed by atoms with E-state index in [-0.39, 0.29) is 5.82 Å². The molecule has 2 rings (SSSR count). The van der Waals surface area contributed by atoms with E-state index < -0.39 is 0 Å². The van der Waals surface area contributed by atoms with Crippen LogP contribution in [0.15, 0.2) is 18.2 Å². The van der Waals surface area contributed by atoms with Crippen LogP contribution in [0.3, 0.4) is 0 Å². The third-order valence-electron chi connectivity index (χ3n) is 3.81. The van der Waals surface area contributed by atoms with Crippen LogP contribution in [0.5, 0.6) is 0 Å². The van der Waals surface area contributed by atoms with Gasteiger partial charge < -0.3 is 10.1 Å². The fourth-order valence-corrected chi connectivity index (χ4v) is 2.96. The van der Waals surface area contributed by atoms with Gasteiger partial charge in [0.1, 0.15) is 5.82 Å². The SMILES string of the molecule is CCCNC(Cc1ccc(F)cc1Cl)CC1CCOC1. The molecule has 0 spiro atoms. The maximum atomic E-state index is 13.1. The van der Waals surface area contributed by atoms with Crippen LogP contribution in [0.2, 0.25) is 5.02 Å². The first kappa shape index (κ1) is 15.7. The number of nitrogens with one attached hydrogen (secondary N) is 1. The highest BCUT2D eigenvalue weighted by Crippen LogP contribution is 2.23. The van der Waals surface area contributed by atoms with Crippen LogP contribution in [-0.4, -0.2) is 25.8 Å². The lowest BCUT2D eigenvalue weighted by molar-refractivity contribution is 0.181. The monoisotopic (exact) mass is 299 g/mol. The molecule has 0 amide bonds. The lowest BCUT2D eigenvalue weighted by Crippen LogP contribution is -2.34. The van der Waals surface area contributed by atoms with Gasteiger partial charge in [-0.3, -0.25) is 0 Å². The molecule has 0 aliphatic carbocycles. The van der Waals surface area contributed by atoms with E-state index in [2.05, 4.69) is 12.2 Å². The van der Waals surface area contributed by atoms with Gasteiger partial charge in [-0.05, 0) is 55.8 Å². The van der Waals surface area contributed by atoms with Crippen molar-refractivity contribution in [1.82, 2.24) is 5.32 Å². The minimum Gasteiger partial charge on any atom is -0.381 e. The summed E-state index contributed by atoms with van der Waals surface area (Å²) in [5.41, 5.74) is 1.01. The Bertz CT molecular complexity index is 421. The highest BCUT2D eigenvalue weighted by atomic mass is 35.5. The second-order valence-electron chi connectivity index (χ2n) is 5.56. The minimum absolute atomic E-state index is 0.277. The van der Waals surface area contributed by atoms with Gasteiger partial charge in [-0.25, -0.2) is 4.39 Å². The van der Waals surface area contributed by atoms with Crippen molar-refractivity contribution in [3.63, 3.8) is 0 Å². The Morgan fingerprint density at radius 3 is 3.00 bits per heavy atom. The van der Waals surface area contributed by atoms with Crippen molar-refractivity contribution < 1.29 is 9.13 Å². The smallest absolute Gasteiger partial charge is 0.124 e. The zero-order valence-electron chi connectivity index (χ0n) is 12.0. The van der Waals surface area contributed by atoms with E-state index in [1.165, 1.54) is 12.1 Å². The molecule has 1 aliphatic rings. The van der Waals surface area contributed by atoms with Gasteiger partial charge in [-0.15, -0.1) is 0 Å². The minimum atomic E-state index is -0.277. The molecule has 2 unspecified atom stereocenters. The van der Waals surface area contributed by atoms with Gasteiger partial charge in [-0.1, -0.05) is 24.6 Å². The van der Waals surface area contributed by atoms with E-state index in [9.17, 15) is 4.39 Å². The average molecular weight is 300 g/mol. The normalized spacial score (nSPS) is 20.2. The quantitative estimate of drug-likeness (QED) is 0.826. The molecule has 1 saturated heterocycles. The molecule has 4 heteroatoms. The summed E-state index contributed by atoms with van der Waals surface area (Å²) in [4.78, 5) is 0. The van der Waals surface area contributed by atoms with Crippen molar-refractivity contribution in [2.24, 2.45) is 5.92 Å². The molecule has 2 nitrogen and oxygen atoms in total. The molecule has 0 aromatic heterocycles. The first-order valence-corrected chi connectivity index (χ1v) is 7.82. The van der Waals surface area contributed by atoms with Crippen LogP contribution in [-0.2, 0) is 11.2 Å². The maximum Gasteiger partial charge on any atom is 0.124 e. The van der Waals surface area contributed by atoms with Crippen LogP contribution >= 0.6 is 11.6 Å². The largest absolute Gasteiger partial charge is 0.381 e. The number of hydrogen-bond acceptors (Lipinski definition) is 2. The van der Waals surface area contributed by atoms with Crippen LogP contribution in [0.25, 0.3) is 0 Å². The number of hydrogen-bond donors (Lipinski definition) is 1. The molecule has 112 valence electrons. The molecule has 1 N–H and O–H groups in total. The van der Waals surface area contributed by atoms with E-state index >= 15 is 0 Å². The van der Waals surface area contributed by atoms with Gasteiger partial charge in [0.05, 0.1) is 0 Å². The van der Waals surface area contributed by atoms with Crippen molar-refractivity contribution in [2.75, 3.05) is 19.8 Å². The van der Waals surface area contributed by atoms with Gasteiger partial charge in [0.2, 0.25) is 0 Å². The maximum absolute atomic E-state index is 13.1. The lowest BCUT2D eigenvalue weighted by atomic mass is 9.94. The molecule has 20 heavy (non-hydrogen) atoms. The molecule has 0 bridgehead atoms. The zero-order chi connectivity index (χ0) is 14.4. The first-order chi connectivity index (χ1) is 9.69. The van der Waals surface area contributed by atoms with E-state index in [1.807, 2.05) is 0 Å². The molecule has 1 aliphatic heterocycles. The molecule has 2 atom stereocenters. The van der Waals surface area contributed by atoms with Crippen molar-refractivity contribution in [3.8, 4) is 0 Å². The van der Waals surface area contributed by atoms with Gasteiger partial charge in [0, 0.05) is 24.3 Å². The highest BCUT2D eigenvalue weighted by molar-refractivity contribution is 6.31. The van der Waals surface area contributed by atoms with Crippen molar-refractivity contribution in [1.29, 1.82) is 0 Å². The standard InChI is InChI=1S/C16H23ClFNO/c1-2-6-19-15(8-12-5-7-20-11-12)9-13-3-4-14(18)10-16(13)17/h3-4,10,12,15,19H,2,5-9,11H2,1H3. The van der Waals surface area contributed by atoms with Gasteiger partial charge in [-0.2, -0.15) is 0 Å². The van der Waals surface area contributed by atoms with Gasteiger partial charge >= 0.3 is 0 Å². The Labute approximate surface area is 125 Å². The molecule has 1 heterocycles. The first-order valence-electron chi connectivity index (χ1n) is 7.44. The summed E-state index contributed by atoms with van der Waals surface area (Å²) in [5.74, 6) is 0.351. The Balaban J connectivity index is 1.97. The van der Waals surface area contributed by atoms with Crippen LogP contribution in [0, 0.1) is 11.7 Å². The molecule has 1 aromatic carbocycles. The van der Waals surface area contributed by atoms with E-state index in [4.69, 9.17) is 16.3 Å². The fraction of sp³-hybridized carbons (Fsp3) is 0.625. The highest BCUT2D eigenvalue weighted by Gasteiger charge is 2.21. The van der Waals surface area contributed by atoms with Crippen molar-refractivity contribution in [3.05, 3.63) is 34.6 Å². The summed E-state index contributed by atoms with van der Waals surface area (Å²) < 4.78 is 18.5. The van der Waals surface area contributed by atoms with Gasteiger partial charge in [0.15, 0.2) is 0 Å². The van der Waals surface area contributed by atoms with Crippen LogP contribution in [0.4, 0.5) is 4.39 Å². The summed E-state index contributed by atoms with van der Waals surface area (Å²) in [7, 11) is 0. The van der Waals surface area contributed by atoms with Gasteiger partial charge in [0.25, 0.3) is 0 Å². The van der Waals surface area contributed by atoms with Crippen molar-refractivity contribution in [2.45, 2.75) is 38.6 Å². The molecule has 0 radical (unpaired) electrons. The number of benzene rings is 1. The van der Waals surface area contributed by atoms with E-state index in [1.54, 1.807) is 6.07 Å². The molecule has 0 saturated carbocycles. The zero-order valence-corrected chi connectivity index (χ0v) is 12.8. The Morgan fingerprint density at radius 2 is 2.35 bits per heavy atom. The summed E-state index contributed by atoms with van der Waals surface area (Å²) >= 11 is 6.13. The second kappa shape index (κ2) is 7.96. The number of rotatable bonds is 7. The number of ether oxygens (including phenoxy) is 1. The Hall–Kier alpha value is -0.640. The summed E-state index contributed by atoms with van der Waals surface area (Å²) in [6, 6.07) is 5.05. The molecule has 1 aromatic rings.